The van der Waals surface area contributed by atoms with Crippen molar-refractivity contribution in [3.05, 3.63) is 16.6 Å². The molecule has 0 aromatic carbocycles. The number of rotatable bonds is 5. The maximum Gasteiger partial charge on any atom is 0.206 e. The molecule has 1 aromatic rings. The van der Waals surface area contributed by atoms with Gasteiger partial charge in [-0.15, -0.1) is 11.3 Å². The largest absolute Gasteiger partial charge is 0.383 e. The molecule has 4 N–H and O–H groups in total. The van der Waals surface area contributed by atoms with Gasteiger partial charge >= 0.3 is 0 Å². The summed E-state index contributed by atoms with van der Waals surface area (Å²) in [6.45, 7) is 3.13. The Kier molecular flexibility index (Phi) is 5.76. The van der Waals surface area contributed by atoms with Crippen molar-refractivity contribution >= 4 is 17.3 Å². The number of hydrazine groups is 1. The lowest BCUT2D eigenvalue weighted by Crippen LogP contribution is -2.42. The SMILES string of the molecule is COCCN=C(NN)NC(C)c1nccs1. The predicted molar refractivity (Wildman–Crippen MR) is 65.2 cm³/mol. The quantitative estimate of drug-likeness (QED) is 0.227. The lowest BCUT2D eigenvalue weighted by Gasteiger charge is -2.14. The van der Waals surface area contributed by atoms with E-state index in [-0.39, 0.29) is 6.04 Å². The van der Waals surface area contributed by atoms with Crippen LogP contribution in [-0.2, 0) is 4.74 Å². The van der Waals surface area contributed by atoms with Gasteiger partial charge in [-0.1, -0.05) is 0 Å². The number of aliphatic imine (C=N–C) groups is 1. The third-order valence-corrected chi connectivity index (χ3v) is 2.84. The second kappa shape index (κ2) is 7.15. The molecule has 0 aliphatic rings. The van der Waals surface area contributed by atoms with Gasteiger partial charge in [0, 0.05) is 18.7 Å². The normalized spacial score (nSPS) is 13.6. The molecule has 0 fully saturated rings. The lowest BCUT2D eigenvalue weighted by atomic mass is 10.4. The van der Waals surface area contributed by atoms with Crippen LogP contribution in [0.25, 0.3) is 0 Å². The Balaban J connectivity index is 2.46. The molecule has 0 aliphatic heterocycles. The number of thiazole rings is 1. The van der Waals surface area contributed by atoms with E-state index in [2.05, 4.69) is 20.7 Å². The van der Waals surface area contributed by atoms with Crippen LogP contribution in [-0.4, -0.2) is 31.2 Å². The molecule has 1 heterocycles. The van der Waals surface area contributed by atoms with Gasteiger partial charge in [-0.25, -0.2) is 15.8 Å². The third kappa shape index (κ3) is 4.13. The zero-order valence-electron chi connectivity index (χ0n) is 9.43. The number of aromatic nitrogens is 1. The average molecular weight is 243 g/mol. The molecule has 1 atom stereocenters. The third-order valence-electron chi connectivity index (χ3n) is 1.88. The Labute approximate surface area is 98.9 Å². The molecular formula is C9H17N5OS. The van der Waals surface area contributed by atoms with Crippen LogP contribution in [0.1, 0.15) is 18.0 Å². The van der Waals surface area contributed by atoms with E-state index in [0.717, 1.165) is 5.01 Å². The van der Waals surface area contributed by atoms with Crippen LogP contribution >= 0.6 is 11.3 Å². The highest BCUT2D eigenvalue weighted by Crippen LogP contribution is 2.13. The van der Waals surface area contributed by atoms with Crippen LogP contribution in [0.15, 0.2) is 16.6 Å². The number of hydrogen-bond acceptors (Lipinski definition) is 5. The molecule has 7 heteroatoms. The summed E-state index contributed by atoms with van der Waals surface area (Å²) in [6.07, 6.45) is 1.77. The first-order chi connectivity index (χ1) is 7.77. The first kappa shape index (κ1) is 12.9. The summed E-state index contributed by atoms with van der Waals surface area (Å²) in [5.41, 5.74) is 2.51. The zero-order chi connectivity index (χ0) is 11.8. The Bertz CT molecular complexity index is 314. The summed E-state index contributed by atoms with van der Waals surface area (Å²) in [6, 6.07) is 0.0809. The van der Waals surface area contributed by atoms with E-state index in [9.17, 15) is 0 Å². The molecular weight excluding hydrogens is 226 g/mol. The number of guanidine groups is 1. The second-order valence-electron chi connectivity index (χ2n) is 3.10. The van der Waals surface area contributed by atoms with Gasteiger partial charge < -0.3 is 10.1 Å². The standard InChI is InChI=1S/C9H17N5OS/c1-7(8-11-4-6-16-8)13-9(14-10)12-3-5-15-2/h4,6-7H,3,5,10H2,1-2H3,(H2,12,13,14). The first-order valence-corrected chi connectivity index (χ1v) is 5.81. The van der Waals surface area contributed by atoms with E-state index in [0.29, 0.717) is 19.1 Å². The van der Waals surface area contributed by atoms with E-state index >= 15 is 0 Å². The van der Waals surface area contributed by atoms with Gasteiger partial charge in [0.25, 0.3) is 0 Å². The topological polar surface area (TPSA) is 84.6 Å². The van der Waals surface area contributed by atoms with Crippen molar-refractivity contribution < 1.29 is 4.74 Å². The summed E-state index contributed by atoms with van der Waals surface area (Å²) in [7, 11) is 1.64. The average Bonchev–Trinajstić information content (AvgIpc) is 2.81. The van der Waals surface area contributed by atoms with Crippen molar-refractivity contribution in [1.29, 1.82) is 0 Å². The highest BCUT2D eigenvalue weighted by molar-refractivity contribution is 7.09. The molecule has 0 bridgehead atoms. The van der Waals surface area contributed by atoms with Crippen molar-refractivity contribution in [3.63, 3.8) is 0 Å². The number of nitrogens with zero attached hydrogens (tertiary/aromatic N) is 2. The molecule has 0 aliphatic carbocycles. The van der Waals surface area contributed by atoms with Crippen molar-refractivity contribution in [2.24, 2.45) is 10.8 Å². The number of ether oxygens (including phenoxy) is 1. The van der Waals surface area contributed by atoms with Gasteiger partial charge in [-0.05, 0) is 6.92 Å². The fourth-order valence-corrected chi connectivity index (χ4v) is 1.74. The van der Waals surface area contributed by atoms with E-state index in [1.807, 2.05) is 12.3 Å². The van der Waals surface area contributed by atoms with Gasteiger partial charge in [0.2, 0.25) is 5.96 Å². The maximum atomic E-state index is 5.36. The Morgan fingerprint density at radius 2 is 2.56 bits per heavy atom. The fraction of sp³-hybridized carbons (Fsp3) is 0.556. The highest BCUT2D eigenvalue weighted by atomic mass is 32.1. The first-order valence-electron chi connectivity index (χ1n) is 4.94. The number of methoxy groups -OCH3 is 1. The minimum atomic E-state index is 0.0809. The monoisotopic (exact) mass is 243 g/mol. The molecule has 0 saturated heterocycles. The van der Waals surface area contributed by atoms with Crippen LogP contribution in [0.2, 0.25) is 0 Å². The molecule has 1 rings (SSSR count). The number of nitrogens with two attached hydrogens (primary N) is 1. The molecule has 1 aromatic heterocycles. The van der Waals surface area contributed by atoms with Crippen LogP contribution in [0.5, 0.6) is 0 Å². The van der Waals surface area contributed by atoms with Crippen LogP contribution in [0, 0.1) is 0 Å². The molecule has 6 nitrogen and oxygen atoms in total. The summed E-state index contributed by atoms with van der Waals surface area (Å²) in [4.78, 5) is 8.41. The van der Waals surface area contributed by atoms with Crippen LogP contribution < -0.4 is 16.6 Å². The van der Waals surface area contributed by atoms with E-state index in [1.165, 1.54) is 0 Å². The van der Waals surface area contributed by atoms with Crippen molar-refractivity contribution in [2.45, 2.75) is 13.0 Å². The summed E-state index contributed by atoms with van der Waals surface area (Å²) in [5.74, 6) is 5.90. The minimum Gasteiger partial charge on any atom is -0.383 e. The second-order valence-corrected chi connectivity index (χ2v) is 4.03. The van der Waals surface area contributed by atoms with Crippen molar-refractivity contribution in [3.8, 4) is 0 Å². The number of nitrogens with one attached hydrogen (secondary N) is 2. The van der Waals surface area contributed by atoms with E-state index < -0.39 is 0 Å². The number of hydrogen-bond donors (Lipinski definition) is 3. The molecule has 0 radical (unpaired) electrons. The van der Waals surface area contributed by atoms with Gasteiger partial charge in [0.1, 0.15) is 5.01 Å². The summed E-state index contributed by atoms with van der Waals surface area (Å²) >= 11 is 1.59. The smallest absolute Gasteiger partial charge is 0.206 e. The van der Waals surface area contributed by atoms with Gasteiger partial charge in [0.15, 0.2) is 0 Å². The van der Waals surface area contributed by atoms with E-state index in [1.54, 1.807) is 24.6 Å². The maximum absolute atomic E-state index is 5.36. The fourth-order valence-electron chi connectivity index (χ4n) is 1.10. The zero-order valence-corrected chi connectivity index (χ0v) is 10.3. The Morgan fingerprint density at radius 3 is 3.12 bits per heavy atom. The van der Waals surface area contributed by atoms with Crippen molar-refractivity contribution in [2.75, 3.05) is 20.3 Å². The molecule has 0 spiro atoms. The van der Waals surface area contributed by atoms with Crippen LogP contribution in [0.4, 0.5) is 0 Å². The van der Waals surface area contributed by atoms with Crippen molar-refractivity contribution in [1.82, 2.24) is 15.7 Å². The van der Waals surface area contributed by atoms with Crippen LogP contribution in [0.3, 0.4) is 0 Å². The summed E-state index contributed by atoms with van der Waals surface area (Å²) in [5, 5.41) is 6.06. The Hall–Kier alpha value is -1.18. The van der Waals surface area contributed by atoms with Gasteiger partial charge in [-0.3, -0.25) is 5.43 Å². The molecule has 16 heavy (non-hydrogen) atoms. The molecule has 0 saturated carbocycles. The van der Waals surface area contributed by atoms with E-state index in [4.69, 9.17) is 10.6 Å². The van der Waals surface area contributed by atoms with Gasteiger partial charge in [0.05, 0.1) is 19.2 Å². The highest BCUT2D eigenvalue weighted by Gasteiger charge is 2.08. The Morgan fingerprint density at radius 1 is 1.75 bits per heavy atom. The lowest BCUT2D eigenvalue weighted by molar-refractivity contribution is 0.208. The van der Waals surface area contributed by atoms with Gasteiger partial charge in [-0.2, -0.15) is 0 Å². The summed E-state index contributed by atoms with van der Waals surface area (Å²) < 4.78 is 4.90. The predicted octanol–water partition coefficient (Wildman–Crippen LogP) is 0.259. The molecule has 1 unspecified atom stereocenters. The molecule has 90 valence electrons. The molecule has 0 amide bonds. The minimum absolute atomic E-state index is 0.0809.